The van der Waals surface area contributed by atoms with Gasteiger partial charge in [-0.15, -0.1) is 0 Å². The molecule has 0 radical (unpaired) electrons. The van der Waals surface area contributed by atoms with Gasteiger partial charge in [0.2, 0.25) is 0 Å². The predicted molar refractivity (Wildman–Crippen MR) is 76.2 cm³/mol. The minimum Gasteiger partial charge on any atom is -0.192 e. The number of rotatable bonds is 1. The Morgan fingerprint density at radius 1 is 1.13 bits per heavy atom. The van der Waals surface area contributed by atoms with Crippen LogP contribution in [0.5, 0.6) is 0 Å². The summed E-state index contributed by atoms with van der Waals surface area (Å²) >= 11 is 3.50. The molecule has 0 fully saturated rings. The molecule has 0 bridgehead atoms. The van der Waals surface area contributed by atoms with E-state index in [9.17, 15) is 0 Å². The number of nitrogens with zero attached hydrogens (tertiary/aromatic N) is 1. The molecule has 0 N–H and O–H groups in total. The zero-order valence-corrected chi connectivity index (χ0v) is 11.5. The minimum absolute atomic E-state index is 0.00625. The molecule has 1 heterocycles. The van der Waals surface area contributed by atoms with Crippen molar-refractivity contribution >= 4 is 46.2 Å². The molecule has 1 nitrogen and oxygen atoms in total. The van der Waals surface area contributed by atoms with Crippen molar-refractivity contribution in [1.29, 1.82) is 5.26 Å². The van der Waals surface area contributed by atoms with E-state index in [0.717, 1.165) is 0 Å². The number of halogens is 2. The molecular weight excluding hydrogens is 365 g/mol. The Bertz CT molecular complexity index is 503. The average molecular weight is 372 g/mol. The molecule has 0 atom stereocenters. The van der Waals surface area contributed by atoms with Gasteiger partial charge in [0, 0.05) is 0 Å². The van der Waals surface area contributed by atoms with Crippen LogP contribution in [0.25, 0.3) is 5.57 Å². The smallest absolute Gasteiger partial charge is 0.0991 e. The van der Waals surface area contributed by atoms with Gasteiger partial charge < -0.3 is 0 Å². The Balaban J connectivity index is 2.33. The molecule has 1 aromatic rings. The first kappa shape index (κ1) is 10.8. The molecule has 0 amide bonds. The van der Waals surface area contributed by atoms with Crippen LogP contribution in [-0.4, -0.2) is 4.01 Å². The quantitative estimate of drug-likeness (QED) is 0.685. The number of hydrogen-bond acceptors (Lipinski definition) is 1. The highest BCUT2D eigenvalue weighted by Gasteiger charge is 2.01. The number of allylic oxidation sites excluding steroid dienone is 3. The summed E-state index contributed by atoms with van der Waals surface area (Å²) in [5, 5.41) is 8.69. The van der Waals surface area contributed by atoms with Crippen molar-refractivity contribution in [2.45, 2.75) is 0 Å². The summed E-state index contributed by atoms with van der Waals surface area (Å²) in [4.78, 5) is 0. The van der Waals surface area contributed by atoms with Crippen molar-refractivity contribution in [1.82, 2.24) is 0 Å². The second kappa shape index (κ2) is 4.86. The molecular formula is C12H7BrIN. The maximum Gasteiger partial charge on any atom is 0.0991 e. The van der Waals surface area contributed by atoms with Crippen LogP contribution in [0.15, 0.2) is 38.9 Å². The van der Waals surface area contributed by atoms with Crippen molar-refractivity contribution in [3.8, 4) is 6.07 Å². The second-order valence-electron chi connectivity index (χ2n) is 2.99. The largest absolute Gasteiger partial charge is 0.192 e. The molecule has 0 aromatic heterocycles. The minimum atomic E-state index is -0.00625. The molecule has 1 aliphatic rings. The van der Waals surface area contributed by atoms with Gasteiger partial charge in [-0.2, -0.15) is 5.26 Å². The lowest BCUT2D eigenvalue weighted by atomic mass is 10.1. The Morgan fingerprint density at radius 3 is 2.40 bits per heavy atom. The molecule has 0 saturated carbocycles. The molecule has 0 aliphatic carbocycles. The molecule has 74 valence electrons. The summed E-state index contributed by atoms with van der Waals surface area (Å²) in [5.74, 6) is 0. The van der Waals surface area contributed by atoms with Crippen LogP contribution in [-0.2, 0) is 0 Å². The van der Waals surface area contributed by atoms with Gasteiger partial charge in [0.05, 0.1) is 14.1 Å². The van der Waals surface area contributed by atoms with Gasteiger partial charge in [0.15, 0.2) is 0 Å². The molecule has 0 spiro atoms. The molecule has 0 saturated heterocycles. The normalized spacial score (nSPS) is 14.7. The van der Waals surface area contributed by atoms with E-state index in [1.165, 1.54) is 13.6 Å². The van der Waals surface area contributed by atoms with E-state index in [4.69, 9.17) is 5.26 Å². The SMILES string of the molecule is N#Cc1ccc(C2=CC=C(Br)I=C2)cc1. The summed E-state index contributed by atoms with van der Waals surface area (Å²) < 4.78 is 3.59. The van der Waals surface area contributed by atoms with Crippen LogP contribution < -0.4 is 0 Å². The van der Waals surface area contributed by atoms with Crippen LogP contribution in [0.3, 0.4) is 0 Å². The maximum absolute atomic E-state index is 8.69. The molecule has 15 heavy (non-hydrogen) atoms. The lowest BCUT2D eigenvalue weighted by Crippen LogP contribution is -1.86. The monoisotopic (exact) mass is 371 g/mol. The van der Waals surface area contributed by atoms with E-state index in [-0.39, 0.29) is 20.7 Å². The summed E-state index contributed by atoms with van der Waals surface area (Å²) in [6.07, 6.45) is 4.22. The molecule has 2 rings (SSSR count). The first-order valence-corrected chi connectivity index (χ1v) is 7.46. The fraction of sp³-hybridized carbons (Fsp3) is 0. The van der Waals surface area contributed by atoms with Crippen molar-refractivity contribution in [3.05, 3.63) is 50.0 Å². The molecule has 1 aromatic carbocycles. The maximum atomic E-state index is 8.69. The van der Waals surface area contributed by atoms with Crippen molar-refractivity contribution in [3.63, 3.8) is 0 Å². The standard InChI is InChI=1S/C12H7BrIN/c13-12-6-5-11(7-14-12)10-3-1-9(8-15)2-4-10/h1-7H. The zero-order valence-electron chi connectivity index (χ0n) is 7.74. The van der Waals surface area contributed by atoms with Crippen molar-refractivity contribution < 1.29 is 0 Å². The number of benzene rings is 1. The Kier molecular flexibility index (Phi) is 3.49. The lowest BCUT2D eigenvalue weighted by Gasteiger charge is -2.04. The highest BCUT2D eigenvalue weighted by molar-refractivity contribution is 14.2. The average Bonchev–Trinajstić information content (AvgIpc) is 2.30. The van der Waals surface area contributed by atoms with Crippen LogP contribution in [0.2, 0.25) is 0 Å². The summed E-state index contributed by atoms with van der Waals surface area (Å²) in [6.45, 7) is 0. The van der Waals surface area contributed by atoms with E-state index in [1.807, 2.05) is 24.3 Å². The van der Waals surface area contributed by atoms with Gasteiger partial charge in [-0.05, 0) is 49.3 Å². The third-order valence-electron chi connectivity index (χ3n) is 2.01. The molecule has 0 unspecified atom stereocenters. The molecule has 1 aliphatic heterocycles. The van der Waals surface area contributed by atoms with Gasteiger partial charge in [-0.25, -0.2) is 0 Å². The Hall–Kier alpha value is -0.730. The zero-order chi connectivity index (χ0) is 10.7. The van der Waals surface area contributed by atoms with Gasteiger partial charge in [0.25, 0.3) is 0 Å². The molecule has 3 heteroatoms. The van der Waals surface area contributed by atoms with E-state index >= 15 is 0 Å². The van der Waals surface area contributed by atoms with Crippen LogP contribution in [0.4, 0.5) is 0 Å². The number of hydrogen-bond donors (Lipinski definition) is 0. The summed E-state index contributed by atoms with van der Waals surface area (Å²) in [5.41, 5.74) is 3.15. The third kappa shape index (κ3) is 2.64. The fourth-order valence-electron chi connectivity index (χ4n) is 1.23. The second-order valence-corrected chi connectivity index (χ2v) is 7.73. The van der Waals surface area contributed by atoms with Crippen LogP contribution >= 0.6 is 36.7 Å². The first-order chi connectivity index (χ1) is 7.29. The topological polar surface area (TPSA) is 23.8 Å². The van der Waals surface area contributed by atoms with Gasteiger partial charge in [0.1, 0.15) is 0 Å². The van der Waals surface area contributed by atoms with E-state index < -0.39 is 0 Å². The fourth-order valence-corrected chi connectivity index (χ4v) is 3.53. The van der Waals surface area contributed by atoms with E-state index in [2.05, 4.69) is 38.2 Å². The van der Waals surface area contributed by atoms with Gasteiger partial charge in [-0.3, -0.25) is 0 Å². The van der Waals surface area contributed by atoms with E-state index in [0.29, 0.717) is 5.56 Å². The van der Waals surface area contributed by atoms with Crippen LogP contribution in [0, 0.1) is 11.3 Å². The van der Waals surface area contributed by atoms with Crippen molar-refractivity contribution in [2.75, 3.05) is 0 Å². The van der Waals surface area contributed by atoms with Crippen LogP contribution in [0.1, 0.15) is 11.1 Å². The van der Waals surface area contributed by atoms with E-state index in [1.54, 1.807) is 0 Å². The highest BCUT2D eigenvalue weighted by Crippen LogP contribution is 2.28. The first-order valence-electron chi connectivity index (χ1n) is 4.34. The third-order valence-corrected chi connectivity index (χ3v) is 5.37. The summed E-state index contributed by atoms with van der Waals surface area (Å²) in [6, 6.07) is 9.83. The predicted octanol–water partition coefficient (Wildman–Crippen LogP) is 3.96. The highest BCUT2D eigenvalue weighted by atomic mass is 127. The lowest BCUT2D eigenvalue weighted by molar-refractivity contribution is 1.48. The van der Waals surface area contributed by atoms with Crippen molar-refractivity contribution in [2.24, 2.45) is 0 Å². The van der Waals surface area contributed by atoms with Gasteiger partial charge in [-0.1, -0.05) is 38.9 Å². The Morgan fingerprint density at radius 2 is 1.87 bits per heavy atom. The summed E-state index contributed by atoms with van der Waals surface area (Å²) in [7, 11) is 0. The Labute approximate surface area is 107 Å². The number of nitriles is 1. The van der Waals surface area contributed by atoms with Gasteiger partial charge >= 0.3 is 0 Å².